The zero-order valence-corrected chi connectivity index (χ0v) is 14.0. The molecule has 4 nitrogen and oxygen atoms in total. The van der Waals surface area contributed by atoms with E-state index in [1.807, 2.05) is 18.2 Å². The molecule has 1 N–H and O–H groups in total. The molecular formula is C18H12ClF3N4. The Morgan fingerprint density at radius 2 is 1.88 bits per heavy atom. The predicted octanol–water partition coefficient (Wildman–Crippen LogP) is 5.01. The van der Waals surface area contributed by atoms with Gasteiger partial charge in [-0.25, -0.2) is 4.68 Å². The highest BCUT2D eigenvalue weighted by Crippen LogP contribution is 2.35. The fourth-order valence-electron chi connectivity index (χ4n) is 2.89. The van der Waals surface area contributed by atoms with Crippen molar-refractivity contribution in [2.24, 2.45) is 0 Å². The minimum atomic E-state index is -4.41. The van der Waals surface area contributed by atoms with Gasteiger partial charge >= 0.3 is 6.18 Å². The first-order valence-electron chi connectivity index (χ1n) is 7.73. The predicted molar refractivity (Wildman–Crippen MR) is 92.7 cm³/mol. The van der Waals surface area contributed by atoms with Gasteiger partial charge in [-0.3, -0.25) is 0 Å². The minimum Gasteiger partial charge on any atom is -0.324 e. The van der Waals surface area contributed by atoms with Gasteiger partial charge in [-0.15, -0.1) is 0 Å². The first-order valence-corrected chi connectivity index (χ1v) is 8.11. The van der Waals surface area contributed by atoms with E-state index in [1.54, 1.807) is 22.9 Å². The molecule has 1 aliphatic heterocycles. The van der Waals surface area contributed by atoms with Gasteiger partial charge in [0.1, 0.15) is 12.4 Å². The van der Waals surface area contributed by atoms with Gasteiger partial charge in [0.15, 0.2) is 0 Å². The first kappa shape index (κ1) is 16.7. The molecule has 0 aliphatic carbocycles. The number of allylic oxidation sites excluding steroid dienone is 1. The van der Waals surface area contributed by atoms with Crippen LogP contribution in [0.4, 0.5) is 19.1 Å². The Balaban J connectivity index is 1.80. The summed E-state index contributed by atoms with van der Waals surface area (Å²) in [5.74, 6) is 0.449. The van der Waals surface area contributed by atoms with Crippen LogP contribution in [0.15, 0.2) is 60.9 Å². The molecule has 8 heteroatoms. The third-order valence-electron chi connectivity index (χ3n) is 4.10. The van der Waals surface area contributed by atoms with Gasteiger partial charge in [0.25, 0.3) is 0 Å². The van der Waals surface area contributed by atoms with Crippen LogP contribution in [0.3, 0.4) is 0 Å². The quantitative estimate of drug-likeness (QED) is 0.684. The van der Waals surface area contributed by atoms with Gasteiger partial charge in [-0.05, 0) is 41.5 Å². The SMILES string of the molecule is FC(F)(F)c1cccc(C2=CC(c3cccc(Cl)c3)n3ncnc3N2)c1. The van der Waals surface area contributed by atoms with Gasteiger partial charge < -0.3 is 5.32 Å². The molecule has 3 aromatic rings. The van der Waals surface area contributed by atoms with Crippen molar-refractivity contribution in [3.63, 3.8) is 0 Å². The summed E-state index contributed by atoms with van der Waals surface area (Å²) in [5, 5.41) is 7.81. The second-order valence-corrected chi connectivity index (χ2v) is 6.25. The monoisotopic (exact) mass is 376 g/mol. The number of rotatable bonds is 2. The van der Waals surface area contributed by atoms with Crippen LogP contribution in [0.5, 0.6) is 0 Å². The molecule has 0 amide bonds. The Kier molecular flexibility index (Phi) is 3.96. The molecule has 1 aromatic heterocycles. The summed E-state index contributed by atoms with van der Waals surface area (Å²) in [6.07, 6.45) is -1.21. The van der Waals surface area contributed by atoms with Crippen molar-refractivity contribution >= 4 is 23.2 Å². The smallest absolute Gasteiger partial charge is 0.324 e. The molecule has 26 heavy (non-hydrogen) atoms. The lowest BCUT2D eigenvalue weighted by molar-refractivity contribution is -0.137. The summed E-state index contributed by atoms with van der Waals surface area (Å²) < 4.78 is 40.7. The number of nitrogens with one attached hydrogen (secondary N) is 1. The Morgan fingerprint density at radius 1 is 1.08 bits per heavy atom. The van der Waals surface area contributed by atoms with Crippen molar-refractivity contribution in [3.05, 3.63) is 82.6 Å². The van der Waals surface area contributed by atoms with Crippen LogP contribution in [0.2, 0.25) is 5.02 Å². The molecule has 132 valence electrons. The van der Waals surface area contributed by atoms with Crippen LogP contribution < -0.4 is 5.32 Å². The van der Waals surface area contributed by atoms with E-state index in [9.17, 15) is 13.2 Å². The van der Waals surface area contributed by atoms with E-state index >= 15 is 0 Å². The summed E-state index contributed by atoms with van der Waals surface area (Å²) in [6.45, 7) is 0. The highest BCUT2D eigenvalue weighted by Gasteiger charge is 2.31. The Morgan fingerprint density at radius 3 is 2.65 bits per heavy atom. The lowest BCUT2D eigenvalue weighted by Gasteiger charge is -2.24. The number of alkyl halides is 3. The maximum atomic E-state index is 13.0. The second kappa shape index (κ2) is 6.17. The number of benzene rings is 2. The summed E-state index contributed by atoms with van der Waals surface area (Å²) in [6, 6.07) is 12.1. The molecule has 0 radical (unpaired) electrons. The van der Waals surface area contributed by atoms with E-state index in [-0.39, 0.29) is 6.04 Å². The molecule has 4 rings (SSSR count). The largest absolute Gasteiger partial charge is 0.416 e. The Hall–Kier alpha value is -2.80. The number of fused-ring (bicyclic) bond motifs is 1. The highest BCUT2D eigenvalue weighted by atomic mass is 35.5. The average Bonchev–Trinajstić information content (AvgIpc) is 3.09. The maximum absolute atomic E-state index is 13.0. The van der Waals surface area contributed by atoms with Crippen LogP contribution in [0, 0.1) is 0 Å². The molecule has 0 saturated carbocycles. The number of hydrogen-bond donors (Lipinski definition) is 1. The summed E-state index contributed by atoms with van der Waals surface area (Å²) in [4.78, 5) is 4.15. The van der Waals surface area contributed by atoms with Crippen molar-refractivity contribution in [3.8, 4) is 0 Å². The molecular weight excluding hydrogens is 365 g/mol. The Bertz CT molecular complexity index is 994. The lowest BCUT2D eigenvalue weighted by Crippen LogP contribution is -2.20. The molecule has 2 heterocycles. The second-order valence-electron chi connectivity index (χ2n) is 5.81. The van der Waals surface area contributed by atoms with Gasteiger partial charge in [-0.1, -0.05) is 35.9 Å². The van der Waals surface area contributed by atoms with Crippen LogP contribution in [-0.4, -0.2) is 14.8 Å². The summed E-state index contributed by atoms with van der Waals surface area (Å²) in [5.41, 5.74) is 1.10. The normalized spacial score (nSPS) is 16.6. The summed E-state index contributed by atoms with van der Waals surface area (Å²) >= 11 is 6.08. The molecule has 0 bridgehead atoms. The standard InChI is InChI=1S/C18H12ClF3N4/c19-14-6-2-4-12(8-14)16-9-15(25-17-23-10-24-26(16)17)11-3-1-5-13(7-11)18(20,21)22/h1-10,16H,(H,23,24,25). The van der Waals surface area contributed by atoms with E-state index in [0.717, 1.165) is 17.7 Å². The number of anilines is 1. The fourth-order valence-corrected chi connectivity index (χ4v) is 3.09. The summed E-state index contributed by atoms with van der Waals surface area (Å²) in [7, 11) is 0. The zero-order valence-electron chi connectivity index (χ0n) is 13.2. The van der Waals surface area contributed by atoms with Gasteiger partial charge in [0.05, 0.1) is 5.56 Å². The van der Waals surface area contributed by atoms with E-state index in [4.69, 9.17) is 11.6 Å². The van der Waals surface area contributed by atoms with Gasteiger partial charge in [0.2, 0.25) is 5.95 Å². The third-order valence-corrected chi connectivity index (χ3v) is 4.33. The van der Waals surface area contributed by atoms with E-state index in [0.29, 0.717) is 22.2 Å². The molecule has 0 saturated heterocycles. The van der Waals surface area contributed by atoms with Gasteiger partial charge in [0, 0.05) is 10.7 Å². The first-order chi connectivity index (χ1) is 12.4. The zero-order chi connectivity index (χ0) is 18.3. The third kappa shape index (κ3) is 3.06. The molecule has 2 aromatic carbocycles. The van der Waals surface area contributed by atoms with Crippen molar-refractivity contribution < 1.29 is 13.2 Å². The van der Waals surface area contributed by atoms with Crippen molar-refractivity contribution in [2.45, 2.75) is 12.2 Å². The fraction of sp³-hybridized carbons (Fsp3) is 0.111. The van der Waals surface area contributed by atoms with Crippen LogP contribution in [0.25, 0.3) is 5.70 Å². The molecule has 1 atom stereocenters. The van der Waals surface area contributed by atoms with Gasteiger partial charge in [-0.2, -0.15) is 23.3 Å². The van der Waals surface area contributed by atoms with Crippen LogP contribution >= 0.6 is 11.6 Å². The van der Waals surface area contributed by atoms with Crippen LogP contribution in [-0.2, 0) is 6.18 Å². The molecule has 0 spiro atoms. The van der Waals surface area contributed by atoms with E-state index in [1.165, 1.54) is 12.4 Å². The van der Waals surface area contributed by atoms with Crippen molar-refractivity contribution in [1.29, 1.82) is 0 Å². The van der Waals surface area contributed by atoms with Crippen LogP contribution in [0.1, 0.15) is 22.7 Å². The molecule has 1 aliphatic rings. The van der Waals surface area contributed by atoms with Crippen molar-refractivity contribution in [1.82, 2.24) is 14.8 Å². The minimum absolute atomic E-state index is 0.336. The van der Waals surface area contributed by atoms with Crippen molar-refractivity contribution in [2.75, 3.05) is 5.32 Å². The number of hydrogen-bond acceptors (Lipinski definition) is 3. The molecule has 0 fully saturated rings. The Labute approximate surface area is 151 Å². The maximum Gasteiger partial charge on any atom is 0.416 e. The highest BCUT2D eigenvalue weighted by molar-refractivity contribution is 6.30. The average molecular weight is 377 g/mol. The van der Waals surface area contributed by atoms with E-state index in [2.05, 4.69) is 15.4 Å². The topological polar surface area (TPSA) is 42.7 Å². The van der Waals surface area contributed by atoms with E-state index < -0.39 is 11.7 Å². The number of nitrogens with zero attached hydrogens (tertiary/aromatic N) is 3. The number of aromatic nitrogens is 3. The lowest BCUT2D eigenvalue weighted by atomic mass is 10.0. The molecule has 1 unspecified atom stereocenters. The number of halogens is 4.